The summed E-state index contributed by atoms with van der Waals surface area (Å²) < 4.78 is 0. The van der Waals surface area contributed by atoms with E-state index in [2.05, 4.69) is 16.0 Å². The summed E-state index contributed by atoms with van der Waals surface area (Å²) in [4.78, 5) is 48.3. The maximum atomic E-state index is 12.7. The Labute approximate surface area is 179 Å². The molecule has 0 aliphatic carbocycles. The number of thioether (sulfide) groups is 1. The second kappa shape index (κ2) is 13.4. The van der Waals surface area contributed by atoms with E-state index in [0.29, 0.717) is 5.75 Å². The Kier molecular flexibility index (Phi) is 12.5. The normalized spacial score (nSPS) is 18.1. The fourth-order valence-electron chi connectivity index (χ4n) is 2.28. The van der Waals surface area contributed by atoms with Crippen LogP contribution in [0.25, 0.3) is 0 Å². The highest BCUT2D eigenvalue weighted by atomic mass is 32.2. The predicted octanol–water partition coefficient (Wildman–Crippen LogP) is -3.25. The number of hydrogen-bond acceptors (Lipinski definition) is 9. The first-order chi connectivity index (χ1) is 13.8. The molecule has 0 bridgehead atoms. The van der Waals surface area contributed by atoms with Crippen molar-refractivity contribution in [2.45, 2.75) is 69.7 Å². The Morgan fingerprint density at radius 3 is 1.73 bits per heavy atom. The first kappa shape index (κ1) is 28.1. The van der Waals surface area contributed by atoms with Crippen LogP contribution in [-0.2, 0) is 19.2 Å². The summed E-state index contributed by atoms with van der Waals surface area (Å²) in [6.45, 7) is 3.69. The third-order valence-electron chi connectivity index (χ3n) is 4.17. The third kappa shape index (κ3) is 9.26. The molecule has 3 amide bonds. The maximum Gasteiger partial charge on any atom is 0.328 e. The Morgan fingerprint density at radius 1 is 0.833 bits per heavy atom. The monoisotopic (exact) mass is 452 g/mol. The molecule has 0 saturated heterocycles. The standard InChI is InChI=1S/C17H32N4O8S/c1-7(22)11(18)15(26)19-10(5-6-30-4)14(25)20-12(8(2)23)16(27)21-13(9(3)24)17(28)29/h7-13,22-24H,5-6,18H2,1-4H3,(H,19,26)(H,20,25)(H,21,27)(H,28,29). The van der Waals surface area contributed by atoms with Crippen molar-refractivity contribution in [2.24, 2.45) is 5.73 Å². The average Bonchev–Trinajstić information content (AvgIpc) is 2.64. The van der Waals surface area contributed by atoms with Crippen LogP contribution in [0, 0.1) is 0 Å². The number of carboxylic acids is 1. The van der Waals surface area contributed by atoms with E-state index in [1.165, 1.54) is 25.6 Å². The van der Waals surface area contributed by atoms with E-state index in [0.717, 1.165) is 6.92 Å². The summed E-state index contributed by atoms with van der Waals surface area (Å²) in [6.07, 6.45) is -2.03. The lowest BCUT2D eigenvalue weighted by molar-refractivity contribution is -0.146. The lowest BCUT2D eigenvalue weighted by Gasteiger charge is -2.27. The van der Waals surface area contributed by atoms with Crippen LogP contribution in [0.4, 0.5) is 0 Å². The Hall–Kier alpha value is -1.93. The van der Waals surface area contributed by atoms with Crippen LogP contribution in [0.2, 0.25) is 0 Å². The Balaban J connectivity index is 5.38. The number of hydrogen-bond donors (Lipinski definition) is 8. The molecule has 13 heteroatoms. The van der Waals surface area contributed by atoms with Crippen molar-refractivity contribution in [1.82, 2.24) is 16.0 Å². The molecule has 9 N–H and O–H groups in total. The molecule has 0 aromatic heterocycles. The van der Waals surface area contributed by atoms with Gasteiger partial charge in [-0.1, -0.05) is 0 Å². The molecule has 7 unspecified atom stereocenters. The summed E-state index contributed by atoms with van der Waals surface area (Å²) in [7, 11) is 0. The van der Waals surface area contributed by atoms with E-state index in [1.807, 2.05) is 0 Å². The number of aliphatic carboxylic acids is 1. The molecule has 0 rings (SSSR count). The number of rotatable bonds is 13. The molecule has 0 aromatic carbocycles. The molecule has 0 saturated carbocycles. The molecule has 0 aliphatic rings. The van der Waals surface area contributed by atoms with Crippen molar-refractivity contribution in [1.29, 1.82) is 0 Å². The summed E-state index contributed by atoms with van der Waals surface area (Å²) >= 11 is 1.40. The molecule has 0 spiro atoms. The fourth-order valence-corrected chi connectivity index (χ4v) is 2.75. The zero-order valence-corrected chi connectivity index (χ0v) is 18.2. The molecule has 0 aliphatic heterocycles. The van der Waals surface area contributed by atoms with Crippen LogP contribution in [0.5, 0.6) is 0 Å². The lowest BCUT2D eigenvalue weighted by Crippen LogP contribution is -2.61. The van der Waals surface area contributed by atoms with Crippen LogP contribution in [0.1, 0.15) is 27.2 Å². The van der Waals surface area contributed by atoms with Crippen LogP contribution >= 0.6 is 11.8 Å². The van der Waals surface area contributed by atoms with E-state index in [4.69, 9.17) is 10.8 Å². The fraction of sp³-hybridized carbons (Fsp3) is 0.765. The second-order valence-corrected chi connectivity index (χ2v) is 7.89. The number of nitrogens with two attached hydrogens (primary N) is 1. The van der Waals surface area contributed by atoms with Gasteiger partial charge in [0.2, 0.25) is 17.7 Å². The largest absolute Gasteiger partial charge is 0.480 e. The summed E-state index contributed by atoms with van der Waals surface area (Å²) in [5.41, 5.74) is 5.56. The van der Waals surface area contributed by atoms with Gasteiger partial charge < -0.3 is 42.1 Å². The minimum absolute atomic E-state index is 0.171. The van der Waals surface area contributed by atoms with Crippen molar-refractivity contribution in [2.75, 3.05) is 12.0 Å². The van der Waals surface area contributed by atoms with E-state index < -0.39 is 66.2 Å². The van der Waals surface area contributed by atoms with Crippen molar-refractivity contribution in [3.05, 3.63) is 0 Å². The van der Waals surface area contributed by atoms with Gasteiger partial charge in [-0.25, -0.2) is 4.79 Å². The molecule has 0 radical (unpaired) electrons. The van der Waals surface area contributed by atoms with Crippen LogP contribution in [-0.4, -0.2) is 98.6 Å². The average molecular weight is 453 g/mol. The maximum absolute atomic E-state index is 12.7. The highest BCUT2D eigenvalue weighted by Gasteiger charge is 2.34. The first-order valence-corrected chi connectivity index (χ1v) is 10.6. The smallest absolute Gasteiger partial charge is 0.328 e. The number of aliphatic hydroxyl groups is 3. The number of carboxylic acid groups (broad SMARTS) is 1. The number of nitrogens with one attached hydrogen (secondary N) is 3. The molecule has 0 fully saturated rings. The topological polar surface area (TPSA) is 211 Å². The van der Waals surface area contributed by atoms with Gasteiger partial charge in [0, 0.05) is 0 Å². The molecular formula is C17H32N4O8S. The molecule has 0 heterocycles. The Bertz CT molecular complexity index is 602. The number of carbonyl (C=O) groups excluding carboxylic acids is 3. The predicted molar refractivity (Wildman–Crippen MR) is 109 cm³/mol. The summed E-state index contributed by atoms with van der Waals surface area (Å²) in [5, 5.41) is 44.6. The van der Waals surface area contributed by atoms with E-state index in [1.54, 1.807) is 6.26 Å². The van der Waals surface area contributed by atoms with Gasteiger partial charge in [0.1, 0.15) is 18.1 Å². The van der Waals surface area contributed by atoms with Gasteiger partial charge >= 0.3 is 5.97 Å². The second-order valence-electron chi connectivity index (χ2n) is 6.90. The quantitative estimate of drug-likeness (QED) is 0.140. The third-order valence-corrected chi connectivity index (χ3v) is 4.82. The summed E-state index contributed by atoms with van der Waals surface area (Å²) in [6, 6.07) is -5.58. The van der Waals surface area contributed by atoms with E-state index >= 15 is 0 Å². The lowest BCUT2D eigenvalue weighted by atomic mass is 10.1. The van der Waals surface area contributed by atoms with Gasteiger partial charge in [-0.15, -0.1) is 0 Å². The highest BCUT2D eigenvalue weighted by Crippen LogP contribution is 2.05. The highest BCUT2D eigenvalue weighted by molar-refractivity contribution is 7.98. The van der Waals surface area contributed by atoms with Crippen molar-refractivity contribution in [3.8, 4) is 0 Å². The number of amides is 3. The van der Waals surface area contributed by atoms with Gasteiger partial charge in [0.25, 0.3) is 0 Å². The molecular weight excluding hydrogens is 420 g/mol. The number of carbonyl (C=O) groups is 4. The van der Waals surface area contributed by atoms with Crippen LogP contribution in [0.3, 0.4) is 0 Å². The molecule has 174 valence electrons. The van der Waals surface area contributed by atoms with Crippen LogP contribution in [0.15, 0.2) is 0 Å². The van der Waals surface area contributed by atoms with Gasteiger partial charge in [0.15, 0.2) is 6.04 Å². The molecule has 7 atom stereocenters. The number of aliphatic hydroxyl groups excluding tert-OH is 3. The molecule has 0 aromatic rings. The molecule has 12 nitrogen and oxygen atoms in total. The minimum Gasteiger partial charge on any atom is -0.480 e. The zero-order valence-electron chi connectivity index (χ0n) is 17.4. The van der Waals surface area contributed by atoms with Gasteiger partial charge in [-0.2, -0.15) is 11.8 Å². The van der Waals surface area contributed by atoms with Crippen molar-refractivity contribution < 1.29 is 39.6 Å². The van der Waals surface area contributed by atoms with Gasteiger partial charge in [0.05, 0.1) is 18.3 Å². The molecule has 30 heavy (non-hydrogen) atoms. The minimum atomic E-state index is -1.65. The summed E-state index contributed by atoms with van der Waals surface area (Å²) in [5.74, 6) is -3.63. The van der Waals surface area contributed by atoms with Crippen molar-refractivity contribution in [3.63, 3.8) is 0 Å². The Morgan fingerprint density at radius 2 is 1.33 bits per heavy atom. The van der Waals surface area contributed by atoms with Gasteiger partial charge in [-0.05, 0) is 39.2 Å². The van der Waals surface area contributed by atoms with Crippen LogP contribution < -0.4 is 21.7 Å². The first-order valence-electron chi connectivity index (χ1n) is 9.26. The zero-order chi connectivity index (χ0) is 23.6. The van der Waals surface area contributed by atoms with E-state index in [9.17, 15) is 34.5 Å². The van der Waals surface area contributed by atoms with E-state index in [-0.39, 0.29) is 6.42 Å². The van der Waals surface area contributed by atoms with Crippen molar-refractivity contribution >= 4 is 35.5 Å². The SMILES string of the molecule is CSCCC(NC(=O)C(N)C(C)O)C(=O)NC(C(=O)NC(C(=O)O)C(C)O)C(C)O. The van der Waals surface area contributed by atoms with Gasteiger partial charge in [-0.3, -0.25) is 14.4 Å².